The Morgan fingerprint density at radius 1 is 1.02 bits per heavy atom. The molecule has 0 bridgehead atoms. The second-order valence-electron chi connectivity index (χ2n) is 11.4. The van der Waals surface area contributed by atoms with E-state index in [1.165, 1.54) is 14.2 Å². The van der Waals surface area contributed by atoms with Crippen molar-refractivity contribution in [2.24, 2.45) is 0 Å². The van der Waals surface area contributed by atoms with E-state index in [9.17, 15) is 19.2 Å². The predicted molar refractivity (Wildman–Crippen MR) is 164 cm³/mol. The lowest BCUT2D eigenvalue weighted by molar-refractivity contribution is -0.134. The summed E-state index contributed by atoms with van der Waals surface area (Å²) in [6.07, 6.45) is 3.48. The third-order valence-corrected chi connectivity index (χ3v) is 7.76. The van der Waals surface area contributed by atoms with Gasteiger partial charge < -0.3 is 39.6 Å². The Bertz CT molecular complexity index is 1320. The van der Waals surface area contributed by atoms with Gasteiger partial charge in [0.1, 0.15) is 29.2 Å². The van der Waals surface area contributed by atoms with Crippen molar-refractivity contribution in [2.75, 3.05) is 47.3 Å². The summed E-state index contributed by atoms with van der Waals surface area (Å²) in [6, 6.07) is 11.0. The number of benzene rings is 2. The van der Waals surface area contributed by atoms with Crippen molar-refractivity contribution in [3.05, 3.63) is 59.7 Å². The van der Waals surface area contributed by atoms with Crippen LogP contribution in [0.2, 0.25) is 0 Å². The van der Waals surface area contributed by atoms with Crippen LogP contribution in [0.15, 0.2) is 48.5 Å². The number of fused-ring (bicyclic) bond motifs is 1. The van der Waals surface area contributed by atoms with E-state index in [0.29, 0.717) is 24.7 Å². The summed E-state index contributed by atoms with van der Waals surface area (Å²) < 4.78 is 27.7. The molecular formula is C33H43N3O9. The van der Waals surface area contributed by atoms with Crippen LogP contribution in [0.4, 0.5) is 0 Å². The zero-order valence-electron chi connectivity index (χ0n) is 26.1. The molecule has 12 heteroatoms. The Hall–Kier alpha value is -4.00. The van der Waals surface area contributed by atoms with E-state index in [1.807, 2.05) is 30.3 Å². The van der Waals surface area contributed by atoms with Gasteiger partial charge in [-0.15, -0.1) is 0 Å². The molecule has 1 fully saturated rings. The summed E-state index contributed by atoms with van der Waals surface area (Å²) in [4.78, 5) is 53.9. The number of ketones is 1. The second-order valence-corrected chi connectivity index (χ2v) is 11.4. The molecular weight excluding hydrogens is 582 g/mol. The molecule has 3 N–H and O–H groups in total. The third kappa shape index (κ3) is 9.74. The number of ether oxygens (including phenoxy) is 5. The maximum atomic E-state index is 13.7. The van der Waals surface area contributed by atoms with Crippen molar-refractivity contribution < 1.29 is 42.9 Å². The normalized spacial score (nSPS) is 23.6. The monoisotopic (exact) mass is 625 g/mol. The molecule has 2 aromatic rings. The van der Waals surface area contributed by atoms with Crippen LogP contribution in [-0.4, -0.2) is 94.5 Å². The van der Waals surface area contributed by atoms with Crippen molar-refractivity contribution in [3.8, 4) is 11.5 Å². The first-order valence-corrected chi connectivity index (χ1v) is 15.3. The van der Waals surface area contributed by atoms with Gasteiger partial charge in [0.05, 0.1) is 45.1 Å². The van der Waals surface area contributed by atoms with E-state index in [-0.39, 0.29) is 37.6 Å². The Balaban J connectivity index is 1.54. The zero-order valence-corrected chi connectivity index (χ0v) is 26.1. The molecule has 2 aliphatic heterocycles. The molecule has 0 unspecified atom stereocenters. The summed E-state index contributed by atoms with van der Waals surface area (Å²) >= 11 is 0. The molecule has 0 aromatic heterocycles. The van der Waals surface area contributed by atoms with Gasteiger partial charge in [0.25, 0.3) is 5.91 Å². The van der Waals surface area contributed by atoms with Crippen LogP contribution < -0.4 is 25.4 Å². The quantitative estimate of drug-likeness (QED) is 0.355. The molecule has 2 heterocycles. The van der Waals surface area contributed by atoms with E-state index >= 15 is 0 Å². The average molecular weight is 626 g/mol. The molecule has 0 spiro atoms. The van der Waals surface area contributed by atoms with E-state index in [0.717, 1.165) is 31.2 Å². The van der Waals surface area contributed by atoms with Crippen LogP contribution in [0.3, 0.4) is 0 Å². The van der Waals surface area contributed by atoms with Crippen molar-refractivity contribution in [1.82, 2.24) is 16.0 Å². The van der Waals surface area contributed by atoms with Gasteiger partial charge in [-0.05, 0) is 50.3 Å². The van der Waals surface area contributed by atoms with E-state index in [1.54, 1.807) is 25.1 Å². The average Bonchev–Trinajstić information content (AvgIpc) is 3.80. The number of carbonyl (C=O) groups excluding carboxylic acids is 4. The van der Waals surface area contributed by atoms with E-state index in [4.69, 9.17) is 23.7 Å². The number of rotatable bonds is 9. The van der Waals surface area contributed by atoms with E-state index in [2.05, 4.69) is 16.0 Å². The number of nitrogens with one attached hydrogen (secondary N) is 3. The van der Waals surface area contributed by atoms with Gasteiger partial charge in [0.2, 0.25) is 11.8 Å². The Labute approximate surface area is 263 Å². The second kappa shape index (κ2) is 16.4. The summed E-state index contributed by atoms with van der Waals surface area (Å²) in [5.74, 6) is -1.20. The Kier molecular flexibility index (Phi) is 12.3. The van der Waals surface area contributed by atoms with Crippen molar-refractivity contribution >= 4 is 23.5 Å². The highest BCUT2D eigenvalue weighted by molar-refractivity contribution is 6.01. The number of hydrogen-bond donors (Lipinski definition) is 3. The van der Waals surface area contributed by atoms with Crippen LogP contribution in [0.25, 0.3) is 0 Å². The lowest BCUT2D eigenvalue weighted by atomic mass is 9.94. The first-order chi connectivity index (χ1) is 21.7. The topological polar surface area (TPSA) is 154 Å². The number of carbonyl (C=O) groups is 4. The van der Waals surface area contributed by atoms with Gasteiger partial charge in [-0.3, -0.25) is 19.2 Å². The summed E-state index contributed by atoms with van der Waals surface area (Å²) in [5.41, 5.74) is 0.118. The lowest BCUT2D eigenvalue weighted by Crippen LogP contribution is -2.59. The fourth-order valence-electron chi connectivity index (χ4n) is 4.97. The van der Waals surface area contributed by atoms with Gasteiger partial charge in [-0.2, -0.15) is 0 Å². The number of hydrogen-bond acceptors (Lipinski definition) is 9. The fraction of sp³-hybridized carbons (Fsp3) is 0.515. The molecule has 0 aliphatic carbocycles. The minimum absolute atomic E-state index is 0.128. The standard InChI is InChI=1S/C33H43N3O9/c1-33(21-45-33)29(37)25(17-22-11-7-6-8-12-22)34-32(40)27-20-43-15-9-4-5-10-16-44-28-18-23(42-3)13-14-24(28)30(38)35-26(19-41-2)31(39)36-27/h6-8,11-14,18,25-27H,4-5,9-10,15-17,19-21H2,1-3H3,(H,34,40)(H,35,38)(H,36,39)/t25-,26-,27-,33+/m0/s1. The molecule has 4 atom stereocenters. The molecule has 1 saturated heterocycles. The maximum Gasteiger partial charge on any atom is 0.255 e. The predicted octanol–water partition coefficient (Wildman–Crippen LogP) is 1.98. The molecule has 2 aromatic carbocycles. The van der Waals surface area contributed by atoms with E-state index < -0.39 is 41.4 Å². The SMILES string of the molecule is COC[C@@H]1NC(=O)c2ccc(OC)cc2OCCCCCCOC[C@@H](C(=O)N[C@@H](Cc2ccccc2)C(=O)[C@@]2(C)CO2)NC1=O. The zero-order chi connectivity index (χ0) is 32.2. The third-order valence-electron chi connectivity index (χ3n) is 7.76. The largest absolute Gasteiger partial charge is 0.497 e. The number of amides is 3. The van der Waals surface area contributed by atoms with Crippen molar-refractivity contribution in [3.63, 3.8) is 0 Å². The van der Waals surface area contributed by atoms with Crippen molar-refractivity contribution in [2.45, 2.75) is 62.8 Å². The minimum atomic E-state index is -1.15. The Morgan fingerprint density at radius 3 is 2.44 bits per heavy atom. The molecule has 3 amide bonds. The lowest BCUT2D eigenvalue weighted by Gasteiger charge is -2.26. The maximum absolute atomic E-state index is 13.7. The molecule has 12 nitrogen and oxygen atoms in total. The first kappa shape index (κ1) is 33.9. The van der Waals surface area contributed by atoms with Gasteiger partial charge in [0, 0.05) is 19.8 Å². The minimum Gasteiger partial charge on any atom is -0.497 e. The molecule has 0 saturated carbocycles. The van der Waals surface area contributed by atoms with Gasteiger partial charge >= 0.3 is 0 Å². The van der Waals surface area contributed by atoms with Crippen LogP contribution in [-0.2, 0) is 35.0 Å². The summed E-state index contributed by atoms with van der Waals surface area (Å²) in [6.45, 7) is 2.44. The number of methoxy groups -OCH3 is 2. The first-order valence-electron chi connectivity index (χ1n) is 15.3. The Morgan fingerprint density at radius 2 is 1.76 bits per heavy atom. The van der Waals surface area contributed by atoms with Crippen LogP contribution >= 0.6 is 0 Å². The van der Waals surface area contributed by atoms with Gasteiger partial charge in [-0.1, -0.05) is 36.8 Å². The molecule has 244 valence electrons. The molecule has 4 rings (SSSR count). The summed E-state index contributed by atoms with van der Waals surface area (Å²) in [7, 11) is 2.92. The van der Waals surface area contributed by atoms with Crippen LogP contribution in [0, 0.1) is 0 Å². The molecule has 45 heavy (non-hydrogen) atoms. The smallest absolute Gasteiger partial charge is 0.255 e. The summed E-state index contributed by atoms with van der Waals surface area (Å²) in [5, 5.41) is 8.23. The number of epoxide rings is 1. The highest BCUT2D eigenvalue weighted by Gasteiger charge is 2.50. The van der Waals surface area contributed by atoms with Gasteiger partial charge in [-0.25, -0.2) is 0 Å². The molecule has 2 aliphatic rings. The van der Waals surface area contributed by atoms with Gasteiger partial charge in [0.15, 0.2) is 5.78 Å². The highest BCUT2D eigenvalue weighted by atomic mass is 16.6. The highest BCUT2D eigenvalue weighted by Crippen LogP contribution is 2.29. The van der Waals surface area contributed by atoms with Crippen LogP contribution in [0.1, 0.15) is 48.5 Å². The number of Topliss-reactive ketones (excluding diaryl/α,β-unsaturated/α-hetero) is 1. The van der Waals surface area contributed by atoms with Crippen LogP contribution in [0.5, 0.6) is 11.5 Å². The fourth-order valence-corrected chi connectivity index (χ4v) is 4.97. The van der Waals surface area contributed by atoms with Crippen molar-refractivity contribution in [1.29, 1.82) is 0 Å². The molecule has 0 radical (unpaired) electrons.